The average molecular weight is 308 g/mol. The van der Waals surface area contributed by atoms with Crippen molar-refractivity contribution in [1.29, 1.82) is 0 Å². The fraction of sp³-hybridized carbons (Fsp3) is 0.778. The molecule has 3 nitrogen and oxygen atoms in total. The maximum Gasteiger partial charge on any atom is 0.409 e. The second-order valence-corrected chi connectivity index (χ2v) is 4.71. The molecule has 19 heavy (non-hydrogen) atoms. The maximum absolute atomic E-state index is 12.3. The smallest absolute Gasteiger partial charge is 0.392 e. The Bertz CT molecular complexity index is 362. The van der Waals surface area contributed by atoms with Gasteiger partial charge in [0, 0.05) is 0 Å². The van der Waals surface area contributed by atoms with Gasteiger partial charge in [0.1, 0.15) is 0 Å². The zero-order chi connectivity index (χ0) is 15.0. The fourth-order valence-corrected chi connectivity index (χ4v) is 1.82. The molecule has 110 valence electrons. The van der Waals surface area contributed by atoms with Crippen LogP contribution in [0, 0.1) is 11.8 Å². The summed E-state index contributed by atoms with van der Waals surface area (Å²) in [4.78, 5) is 10.9. The minimum Gasteiger partial charge on any atom is -0.392 e. The summed E-state index contributed by atoms with van der Waals surface area (Å²) in [6.07, 6.45) is -10.3. The van der Waals surface area contributed by atoms with E-state index >= 15 is 0 Å². The van der Waals surface area contributed by atoms with Gasteiger partial charge in [-0.3, -0.25) is 4.79 Å². The number of carbonyl (C=O) groups is 1. The topological polar surface area (TPSA) is 55.1 Å². The molecule has 3 N–H and O–H groups in total. The lowest BCUT2D eigenvalue weighted by Gasteiger charge is -2.25. The lowest BCUT2D eigenvalue weighted by Crippen LogP contribution is -2.53. The number of nitrogens with one attached hydrogen (secondary N) is 1. The van der Waals surface area contributed by atoms with Gasteiger partial charge in [0.25, 0.3) is 0 Å². The summed E-state index contributed by atoms with van der Waals surface area (Å²) >= 11 is 4.53. The Morgan fingerprint density at radius 2 is 1.58 bits per heavy atom. The van der Waals surface area contributed by atoms with E-state index < -0.39 is 30.2 Å². The first-order valence-corrected chi connectivity index (χ1v) is 5.58. The highest BCUT2D eigenvalue weighted by Gasteiger charge is 2.61. The van der Waals surface area contributed by atoms with Crippen molar-refractivity contribution in [1.82, 2.24) is 5.32 Å². The van der Waals surface area contributed by atoms with E-state index in [9.17, 15) is 31.1 Å². The summed E-state index contributed by atoms with van der Waals surface area (Å²) in [7, 11) is 0. The highest BCUT2D eigenvalue weighted by molar-refractivity contribution is 7.80. The van der Waals surface area contributed by atoms with Crippen LogP contribution in [0.15, 0.2) is 0 Å². The van der Waals surface area contributed by atoms with Crippen LogP contribution in [0.4, 0.5) is 26.3 Å². The first-order valence-electron chi connectivity index (χ1n) is 5.17. The molecule has 1 aliphatic carbocycles. The van der Waals surface area contributed by atoms with Gasteiger partial charge in [-0.2, -0.15) is 26.3 Å². The van der Waals surface area contributed by atoms with Gasteiger partial charge in [0.15, 0.2) is 0 Å². The molecule has 0 spiro atoms. The number of nitrogens with two attached hydrogens (primary N) is 1. The zero-order valence-electron chi connectivity index (χ0n) is 9.31. The van der Waals surface area contributed by atoms with Crippen LogP contribution in [0.5, 0.6) is 0 Å². The number of halogens is 6. The Labute approximate surface area is 109 Å². The van der Waals surface area contributed by atoms with Crippen molar-refractivity contribution in [3.05, 3.63) is 0 Å². The molecule has 0 bridgehead atoms. The van der Waals surface area contributed by atoms with Crippen molar-refractivity contribution >= 4 is 23.1 Å². The number of rotatable bonds is 4. The van der Waals surface area contributed by atoms with E-state index in [-0.39, 0.29) is 10.9 Å². The molecule has 1 amide bonds. The lowest BCUT2D eigenvalue weighted by atomic mass is 10.1. The molecular weight excluding hydrogens is 298 g/mol. The summed E-state index contributed by atoms with van der Waals surface area (Å²) < 4.78 is 73.7. The number of thiocarbonyl (C=S) groups is 1. The summed E-state index contributed by atoms with van der Waals surface area (Å²) in [5.74, 6) is -6.54. The summed E-state index contributed by atoms with van der Waals surface area (Å²) in [6, 6.07) is -1.13. The predicted molar refractivity (Wildman–Crippen MR) is 57.0 cm³/mol. The van der Waals surface area contributed by atoms with E-state index in [1.165, 1.54) is 0 Å². The van der Waals surface area contributed by atoms with Gasteiger partial charge in [-0.1, -0.05) is 12.2 Å². The normalized spacial score (nSPS) is 18.3. The molecule has 0 aromatic carbocycles. The van der Waals surface area contributed by atoms with E-state index in [1.807, 2.05) is 0 Å². The number of carbonyl (C=O) groups excluding carboxylic acids is 1. The Kier molecular flexibility index (Phi) is 4.33. The molecule has 1 fully saturated rings. The van der Waals surface area contributed by atoms with Crippen molar-refractivity contribution in [2.75, 3.05) is 0 Å². The molecule has 0 heterocycles. The second-order valence-electron chi connectivity index (χ2n) is 4.24. The van der Waals surface area contributed by atoms with Gasteiger partial charge in [0.05, 0.1) is 11.0 Å². The summed E-state index contributed by atoms with van der Waals surface area (Å²) in [6.45, 7) is 0. The highest BCUT2D eigenvalue weighted by Crippen LogP contribution is 2.40. The molecule has 1 saturated carbocycles. The SMILES string of the molecule is NC(=S)C(NC(=O)C(C(F)(F)F)C(F)(F)F)C1CC1. The van der Waals surface area contributed by atoms with Crippen molar-refractivity contribution in [3.8, 4) is 0 Å². The maximum atomic E-state index is 12.3. The lowest BCUT2D eigenvalue weighted by molar-refractivity contribution is -0.274. The third-order valence-corrected chi connectivity index (χ3v) is 2.87. The van der Waals surface area contributed by atoms with Crippen molar-refractivity contribution in [3.63, 3.8) is 0 Å². The van der Waals surface area contributed by atoms with Gasteiger partial charge in [0.2, 0.25) is 11.8 Å². The minimum atomic E-state index is -5.72. The molecule has 1 atom stereocenters. The molecule has 10 heteroatoms. The monoisotopic (exact) mass is 308 g/mol. The van der Waals surface area contributed by atoms with Crippen LogP contribution in [0.3, 0.4) is 0 Å². The average Bonchev–Trinajstić information content (AvgIpc) is 2.91. The number of alkyl halides is 6. The quantitative estimate of drug-likeness (QED) is 0.616. The largest absolute Gasteiger partial charge is 0.409 e. The van der Waals surface area contributed by atoms with Crippen LogP contribution in [-0.2, 0) is 4.79 Å². The first-order chi connectivity index (χ1) is 8.44. The molecular formula is C9H10F6N2OS. The van der Waals surface area contributed by atoms with Gasteiger partial charge >= 0.3 is 12.4 Å². The third kappa shape index (κ3) is 4.22. The van der Waals surface area contributed by atoms with Crippen LogP contribution < -0.4 is 11.1 Å². The third-order valence-electron chi connectivity index (χ3n) is 2.61. The predicted octanol–water partition coefficient (Wildman–Crippen LogP) is 1.91. The number of hydrogen-bond donors (Lipinski definition) is 2. The summed E-state index contributed by atoms with van der Waals surface area (Å²) in [5.41, 5.74) is 5.20. The standard InChI is InChI=1S/C9H10F6N2OS/c10-8(11,12)5(9(13,14)15)7(18)17-4(6(16)19)3-1-2-3/h3-5H,1-2H2,(H2,16,19)(H,17,18). The molecule has 1 rings (SSSR count). The highest BCUT2D eigenvalue weighted by atomic mass is 32.1. The second kappa shape index (κ2) is 5.14. The van der Waals surface area contributed by atoms with E-state index in [1.54, 1.807) is 5.32 Å². The Balaban J connectivity index is 2.86. The van der Waals surface area contributed by atoms with Crippen molar-refractivity contribution in [2.24, 2.45) is 17.6 Å². The van der Waals surface area contributed by atoms with Gasteiger partial charge < -0.3 is 11.1 Å². The van der Waals surface area contributed by atoms with E-state index in [0.717, 1.165) is 0 Å². The zero-order valence-corrected chi connectivity index (χ0v) is 10.1. The van der Waals surface area contributed by atoms with Gasteiger partial charge in [-0.15, -0.1) is 0 Å². The fourth-order valence-electron chi connectivity index (χ4n) is 1.57. The molecule has 1 unspecified atom stereocenters. The first kappa shape index (κ1) is 16.0. The molecule has 0 aromatic rings. The Morgan fingerprint density at radius 1 is 1.16 bits per heavy atom. The van der Waals surface area contributed by atoms with Crippen molar-refractivity contribution < 1.29 is 31.1 Å². The van der Waals surface area contributed by atoms with E-state index in [4.69, 9.17) is 5.73 Å². The van der Waals surface area contributed by atoms with Crippen LogP contribution in [0.2, 0.25) is 0 Å². The number of hydrogen-bond acceptors (Lipinski definition) is 2. The van der Waals surface area contributed by atoms with Crippen LogP contribution in [0.25, 0.3) is 0 Å². The van der Waals surface area contributed by atoms with Gasteiger partial charge in [-0.05, 0) is 18.8 Å². The van der Waals surface area contributed by atoms with E-state index in [2.05, 4.69) is 12.2 Å². The molecule has 0 saturated heterocycles. The minimum absolute atomic E-state index is 0.288. The van der Waals surface area contributed by atoms with Crippen LogP contribution in [0.1, 0.15) is 12.8 Å². The van der Waals surface area contributed by atoms with Crippen molar-refractivity contribution in [2.45, 2.75) is 31.2 Å². The van der Waals surface area contributed by atoms with Crippen LogP contribution in [-0.4, -0.2) is 29.3 Å². The Morgan fingerprint density at radius 3 is 1.84 bits per heavy atom. The van der Waals surface area contributed by atoms with Gasteiger partial charge in [-0.25, -0.2) is 0 Å². The van der Waals surface area contributed by atoms with Crippen LogP contribution >= 0.6 is 12.2 Å². The molecule has 0 aliphatic heterocycles. The molecule has 0 radical (unpaired) electrons. The van der Waals surface area contributed by atoms with E-state index in [0.29, 0.717) is 12.8 Å². The molecule has 0 aromatic heterocycles. The number of amides is 1. The molecule has 1 aliphatic rings. The Hall–Kier alpha value is -1.06. The summed E-state index contributed by atoms with van der Waals surface area (Å²) in [5, 5.41) is 1.65.